The van der Waals surface area contributed by atoms with Gasteiger partial charge in [-0.3, -0.25) is 9.59 Å². The average Bonchev–Trinajstić information content (AvgIpc) is 3.26. The van der Waals surface area contributed by atoms with Gasteiger partial charge in [-0.2, -0.15) is 13.2 Å². The number of halogens is 4. The fourth-order valence-electron chi connectivity index (χ4n) is 4.41. The Morgan fingerprint density at radius 1 is 1.14 bits per heavy atom. The summed E-state index contributed by atoms with van der Waals surface area (Å²) in [6.07, 6.45) is -2.85. The molecule has 2 aliphatic rings. The number of nitrogens with one attached hydrogen (secondary N) is 1. The predicted molar refractivity (Wildman–Crippen MR) is 120 cm³/mol. The van der Waals surface area contributed by atoms with E-state index in [9.17, 15) is 35.6 Å². The Morgan fingerprint density at radius 2 is 1.86 bits per heavy atom. The highest BCUT2D eigenvalue weighted by atomic mass is 32.2. The molecule has 2 aromatic carbocycles. The van der Waals surface area contributed by atoms with E-state index in [4.69, 9.17) is 4.74 Å². The Kier molecular flexibility index (Phi) is 7.11. The van der Waals surface area contributed by atoms with Gasteiger partial charge in [0.25, 0.3) is 5.91 Å². The summed E-state index contributed by atoms with van der Waals surface area (Å²) in [4.78, 5) is 27.7. The average molecular weight is 529 g/mol. The highest BCUT2D eigenvalue weighted by Crippen LogP contribution is 2.35. The van der Waals surface area contributed by atoms with Gasteiger partial charge >= 0.3 is 6.18 Å². The van der Waals surface area contributed by atoms with E-state index in [0.717, 1.165) is 18.4 Å². The molecule has 0 spiro atoms. The Balaban J connectivity index is 1.56. The fraction of sp³-hybridized carbons (Fsp3) is 0.417. The highest BCUT2D eigenvalue weighted by Gasteiger charge is 2.39. The quantitative estimate of drug-likeness (QED) is 0.581. The first-order chi connectivity index (χ1) is 16.9. The molecule has 0 radical (unpaired) electrons. The molecule has 0 saturated carbocycles. The largest absolute Gasteiger partial charge is 0.416 e. The van der Waals surface area contributed by atoms with Crippen LogP contribution in [-0.4, -0.2) is 57.2 Å². The molecule has 12 heteroatoms. The number of carbonyl (C=O) groups excluding carboxylic acids is 2. The van der Waals surface area contributed by atoms with E-state index in [0.29, 0.717) is 18.9 Å². The summed E-state index contributed by atoms with van der Waals surface area (Å²) in [5.41, 5.74) is -1.13. The molecular weight excluding hydrogens is 504 g/mol. The normalized spacial score (nSPS) is 19.6. The minimum atomic E-state index is -4.71. The number of amides is 2. The number of benzene rings is 2. The van der Waals surface area contributed by atoms with Crippen molar-refractivity contribution in [1.82, 2.24) is 10.2 Å². The number of hydrogen-bond donors (Lipinski definition) is 1. The standard InChI is InChI=1S/C24H24F4N2O5S/c1-36(33,34)17-5-2-4-14(10-17)23(32)30-9-3-6-20(30)22(31)29-21(15-12-35-13-15)18-8-7-16(11-19(18)25)24(26,27)28/h2,4-5,7-8,10-11,15,20-21H,3,6,9,12-13H2,1H3,(H,29,31)/t20-,21-/m1/s1. The van der Waals surface area contributed by atoms with Crippen LogP contribution in [0, 0.1) is 11.7 Å². The lowest BCUT2D eigenvalue weighted by Crippen LogP contribution is -2.50. The molecule has 0 bridgehead atoms. The van der Waals surface area contributed by atoms with Crippen molar-refractivity contribution in [2.24, 2.45) is 5.92 Å². The fourth-order valence-corrected chi connectivity index (χ4v) is 5.08. The van der Waals surface area contributed by atoms with Crippen molar-refractivity contribution in [3.8, 4) is 0 Å². The van der Waals surface area contributed by atoms with Gasteiger partial charge in [0, 0.05) is 29.8 Å². The molecule has 0 aliphatic carbocycles. The molecule has 0 aromatic heterocycles. The van der Waals surface area contributed by atoms with Gasteiger partial charge in [-0.25, -0.2) is 12.8 Å². The number of hydrogen-bond acceptors (Lipinski definition) is 5. The van der Waals surface area contributed by atoms with E-state index in [2.05, 4.69) is 5.32 Å². The smallest absolute Gasteiger partial charge is 0.381 e. The number of carbonyl (C=O) groups is 2. The molecular formula is C24H24F4N2O5S. The second-order valence-electron chi connectivity index (χ2n) is 8.97. The zero-order valence-electron chi connectivity index (χ0n) is 19.2. The Bertz CT molecular complexity index is 1280. The third kappa shape index (κ3) is 5.39. The van der Waals surface area contributed by atoms with Crippen molar-refractivity contribution in [2.75, 3.05) is 26.0 Å². The van der Waals surface area contributed by atoms with E-state index >= 15 is 0 Å². The van der Waals surface area contributed by atoms with Crippen molar-refractivity contribution in [1.29, 1.82) is 0 Å². The van der Waals surface area contributed by atoms with Crippen molar-refractivity contribution < 1.29 is 40.3 Å². The van der Waals surface area contributed by atoms with Gasteiger partial charge in [-0.1, -0.05) is 12.1 Å². The van der Waals surface area contributed by atoms with Crippen LogP contribution in [0.5, 0.6) is 0 Å². The Morgan fingerprint density at radius 3 is 2.44 bits per heavy atom. The molecule has 2 aliphatic heterocycles. The van der Waals surface area contributed by atoms with Gasteiger partial charge < -0.3 is 15.0 Å². The molecule has 2 fully saturated rings. The van der Waals surface area contributed by atoms with Crippen molar-refractivity contribution in [2.45, 2.75) is 36.0 Å². The predicted octanol–water partition coefficient (Wildman–Crippen LogP) is 3.36. The summed E-state index contributed by atoms with van der Waals surface area (Å²) in [7, 11) is -3.55. The van der Waals surface area contributed by atoms with Crippen LogP contribution in [0.1, 0.15) is 40.4 Å². The zero-order valence-corrected chi connectivity index (χ0v) is 20.0. The third-order valence-corrected chi connectivity index (χ3v) is 7.53. The zero-order chi connectivity index (χ0) is 26.3. The topological polar surface area (TPSA) is 92.8 Å². The summed E-state index contributed by atoms with van der Waals surface area (Å²) in [5.74, 6) is -2.55. The first-order valence-electron chi connectivity index (χ1n) is 11.2. The van der Waals surface area contributed by atoms with Gasteiger partial charge in [-0.15, -0.1) is 0 Å². The minimum absolute atomic E-state index is 0.0311. The summed E-state index contributed by atoms with van der Waals surface area (Å²) < 4.78 is 82.5. The second kappa shape index (κ2) is 9.81. The van der Waals surface area contributed by atoms with Gasteiger partial charge in [0.1, 0.15) is 11.9 Å². The lowest BCUT2D eigenvalue weighted by atomic mass is 9.90. The summed E-state index contributed by atoms with van der Waals surface area (Å²) in [6, 6.07) is 5.83. The highest BCUT2D eigenvalue weighted by molar-refractivity contribution is 7.90. The summed E-state index contributed by atoms with van der Waals surface area (Å²) in [6.45, 7) is 0.639. The third-order valence-electron chi connectivity index (χ3n) is 6.42. The first-order valence-corrected chi connectivity index (χ1v) is 13.1. The lowest BCUT2D eigenvalue weighted by molar-refractivity contribution is -0.138. The van der Waals surface area contributed by atoms with Gasteiger partial charge in [-0.05, 0) is 43.2 Å². The van der Waals surface area contributed by atoms with Crippen LogP contribution in [0.25, 0.3) is 0 Å². The van der Waals surface area contributed by atoms with Crippen LogP contribution in [0.3, 0.4) is 0 Å². The van der Waals surface area contributed by atoms with E-state index in [-0.39, 0.29) is 41.7 Å². The second-order valence-corrected chi connectivity index (χ2v) is 11.0. The molecule has 2 amide bonds. The van der Waals surface area contributed by atoms with Gasteiger partial charge in [0.15, 0.2) is 9.84 Å². The van der Waals surface area contributed by atoms with Crippen LogP contribution < -0.4 is 5.32 Å². The number of alkyl halides is 3. The first kappa shape index (κ1) is 26.1. The maximum absolute atomic E-state index is 14.7. The Labute approximate surface area is 205 Å². The number of likely N-dealkylation sites (tertiary alicyclic amines) is 1. The van der Waals surface area contributed by atoms with Crippen LogP contribution >= 0.6 is 0 Å². The van der Waals surface area contributed by atoms with Crippen LogP contribution in [-0.2, 0) is 25.5 Å². The molecule has 0 unspecified atom stereocenters. The number of ether oxygens (including phenoxy) is 1. The SMILES string of the molecule is CS(=O)(=O)c1cccc(C(=O)N2CCC[C@@H]2C(=O)N[C@@H](c2ccc(C(F)(F)F)cc2F)C2COC2)c1. The molecule has 2 atom stereocenters. The molecule has 7 nitrogen and oxygen atoms in total. The van der Waals surface area contributed by atoms with Gasteiger partial charge in [0.05, 0.1) is 29.7 Å². The maximum Gasteiger partial charge on any atom is 0.416 e. The van der Waals surface area contributed by atoms with E-state index < -0.39 is 51.3 Å². The molecule has 4 rings (SSSR count). The summed E-state index contributed by atoms with van der Waals surface area (Å²) >= 11 is 0. The summed E-state index contributed by atoms with van der Waals surface area (Å²) in [5, 5.41) is 2.72. The van der Waals surface area contributed by atoms with Crippen LogP contribution in [0.4, 0.5) is 17.6 Å². The lowest BCUT2D eigenvalue weighted by Gasteiger charge is -2.36. The van der Waals surface area contributed by atoms with Crippen LogP contribution in [0.15, 0.2) is 47.4 Å². The van der Waals surface area contributed by atoms with Crippen LogP contribution in [0.2, 0.25) is 0 Å². The molecule has 2 heterocycles. The number of nitrogens with zero attached hydrogens (tertiary/aromatic N) is 1. The monoisotopic (exact) mass is 528 g/mol. The molecule has 36 heavy (non-hydrogen) atoms. The molecule has 2 aromatic rings. The molecule has 2 saturated heterocycles. The Hall–Kier alpha value is -2.99. The van der Waals surface area contributed by atoms with Crippen molar-refractivity contribution in [3.05, 3.63) is 65.0 Å². The molecule has 194 valence electrons. The van der Waals surface area contributed by atoms with Crippen molar-refractivity contribution >= 4 is 21.7 Å². The molecule has 1 N–H and O–H groups in total. The van der Waals surface area contributed by atoms with E-state index in [1.54, 1.807) is 0 Å². The van der Waals surface area contributed by atoms with E-state index in [1.165, 1.54) is 29.2 Å². The van der Waals surface area contributed by atoms with Crippen molar-refractivity contribution in [3.63, 3.8) is 0 Å². The maximum atomic E-state index is 14.7. The minimum Gasteiger partial charge on any atom is -0.381 e. The number of sulfone groups is 1. The number of rotatable bonds is 6. The van der Waals surface area contributed by atoms with Gasteiger partial charge in [0.2, 0.25) is 5.91 Å². The van der Waals surface area contributed by atoms with E-state index in [1.807, 2.05) is 0 Å².